The fourth-order valence-electron chi connectivity index (χ4n) is 2.86. The highest BCUT2D eigenvalue weighted by Crippen LogP contribution is 2.31. The maximum Gasteiger partial charge on any atom is 0.231 e. The molecule has 4 aromatic rings. The molecule has 0 fully saturated rings. The molecule has 0 unspecified atom stereocenters. The average molecular weight is 292 g/mol. The van der Waals surface area contributed by atoms with E-state index in [9.17, 15) is 0 Å². The van der Waals surface area contributed by atoms with Crippen molar-refractivity contribution in [2.24, 2.45) is 7.05 Å². The van der Waals surface area contributed by atoms with Crippen LogP contribution in [0.2, 0.25) is 0 Å². The van der Waals surface area contributed by atoms with Crippen LogP contribution >= 0.6 is 0 Å². The number of benzene rings is 1. The molecule has 3 nitrogen and oxygen atoms in total. The van der Waals surface area contributed by atoms with Gasteiger partial charge in [0.05, 0.1) is 0 Å². The molecule has 0 atom stereocenters. The first-order chi connectivity index (χ1) is 11.8. The van der Waals surface area contributed by atoms with Gasteiger partial charge in [-0.25, -0.2) is 4.98 Å². The van der Waals surface area contributed by atoms with Gasteiger partial charge in [-0.2, -0.15) is 4.57 Å². The molecular weight excluding hydrogens is 272 g/mol. The number of aromatic nitrogens is 2. The van der Waals surface area contributed by atoms with Crippen molar-refractivity contribution < 1.29 is 13.1 Å². The fourth-order valence-corrected chi connectivity index (χ4v) is 2.86. The van der Waals surface area contributed by atoms with E-state index in [2.05, 4.69) is 6.07 Å². The molecule has 0 saturated heterocycles. The predicted octanol–water partition coefficient (Wildman–Crippen LogP) is 4.09. The number of furan rings is 1. The van der Waals surface area contributed by atoms with Gasteiger partial charge in [0.25, 0.3) is 0 Å². The van der Waals surface area contributed by atoms with Gasteiger partial charge >= 0.3 is 0 Å². The maximum absolute atomic E-state index is 7.55. The topological polar surface area (TPSA) is 29.9 Å². The van der Waals surface area contributed by atoms with Crippen molar-refractivity contribution >= 4 is 22.1 Å². The van der Waals surface area contributed by atoms with Gasteiger partial charge in [0.15, 0.2) is 6.20 Å². The summed E-state index contributed by atoms with van der Waals surface area (Å²) in [6.45, 7) is -0.122. The predicted molar refractivity (Wildman–Crippen MR) is 87.6 cm³/mol. The Bertz CT molecular complexity index is 1110. The van der Waals surface area contributed by atoms with Gasteiger partial charge in [-0.05, 0) is 37.5 Å². The Morgan fingerprint density at radius 1 is 1.14 bits per heavy atom. The van der Waals surface area contributed by atoms with E-state index < -0.39 is 6.85 Å². The van der Waals surface area contributed by atoms with Crippen molar-refractivity contribution in [2.45, 2.75) is 13.8 Å². The minimum absolute atomic E-state index is 0.307. The molecule has 0 aliphatic rings. The molecule has 4 rings (SSSR count). The number of aryl methyl sites for hydroxylation is 3. The monoisotopic (exact) mass is 292 g/mol. The highest BCUT2D eigenvalue weighted by Gasteiger charge is 2.17. The zero-order valence-electron chi connectivity index (χ0n) is 15.4. The summed E-state index contributed by atoms with van der Waals surface area (Å²) in [7, 11) is 1.83. The number of para-hydroxylation sites is 1. The third-order valence-electron chi connectivity index (χ3n) is 3.94. The Hall–Kier alpha value is -2.68. The van der Waals surface area contributed by atoms with Crippen LogP contribution in [-0.4, -0.2) is 4.98 Å². The van der Waals surface area contributed by atoms with Crippen LogP contribution < -0.4 is 4.57 Å². The zero-order chi connectivity index (χ0) is 17.8. The van der Waals surface area contributed by atoms with Crippen LogP contribution in [0, 0.1) is 13.8 Å². The van der Waals surface area contributed by atoms with Crippen LogP contribution in [0.4, 0.5) is 0 Å². The normalized spacial score (nSPS) is 14.0. The van der Waals surface area contributed by atoms with Crippen molar-refractivity contribution in [3.05, 3.63) is 59.8 Å². The van der Waals surface area contributed by atoms with Gasteiger partial charge in [0, 0.05) is 26.5 Å². The van der Waals surface area contributed by atoms with Crippen LogP contribution in [-0.2, 0) is 7.05 Å². The molecule has 3 heteroatoms. The van der Waals surface area contributed by atoms with Crippen molar-refractivity contribution in [1.82, 2.24) is 4.98 Å². The molecule has 3 aromatic heterocycles. The minimum Gasteiger partial charge on any atom is -0.438 e. The summed E-state index contributed by atoms with van der Waals surface area (Å²) >= 11 is 0. The smallest absolute Gasteiger partial charge is 0.231 e. The average Bonchev–Trinajstić information content (AvgIpc) is 2.91. The lowest BCUT2D eigenvalue weighted by molar-refractivity contribution is -0.660. The molecule has 0 N–H and O–H groups in total. The Morgan fingerprint density at radius 2 is 2.00 bits per heavy atom. The zero-order valence-corrected chi connectivity index (χ0v) is 12.4. The summed E-state index contributed by atoms with van der Waals surface area (Å²) in [5, 5.41) is 2.03. The number of pyridine rings is 2. The number of hydrogen-bond acceptors (Lipinski definition) is 2. The molecule has 0 bridgehead atoms. The number of nitrogens with zero attached hydrogens (tertiary/aromatic N) is 2. The van der Waals surface area contributed by atoms with E-state index in [0.29, 0.717) is 11.3 Å². The number of rotatable bonds is 1. The highest BCUT2D eigenvalue weighted by molar-refractivity contribution is 6.04. The summed E-state index contributed by atoms with van der Waals surface area (Å²) in [6.07, 6.45) is 1.63. The summed E-state index contributed by atoms with van der Waals surface area (Å²) in [6, 6.07) is 13.4. The first-order valence-corrected chi connectivity index (χ1v) is 7.14. The Labute approximate surface area is 133 Å². The van der Waals surface area contributed by atoms with Crippen LogP contribution in [0.1, 0.15) is 15.2 Å². The maximum atomic E-state index is 7.55. The van der Waals surface area contributed by atoms with Gasteiger partial charge in [-0.3, -0.25) is 0 Å². The van der Waals surface area contributed by atoms with Crippen molar-refractivity contribution in [3.8, 4) is 11.4 Å². The molecule has 22 heavy (non-hydrogen) atoms. The second kappa shape index (κ2) is 4.67. The highest BCUT2D eigenvalue weighted by atomic mass is 16.3. The standard InChI is InChI=1S/C19H17N2O/c1-12-8-9-16(21(3)11-12)18-13(2)10-15-14-6-4-5-7-17(14)22-19(15)20-18/h4-11H,1-3H3/q+1/i1D3. The molecule has 0 spiro atoms. The van der Waals surface area contributed by atoms with E-state index in [-0.39, 0.29) is 0 Å². The van der Waals surface area contributed by atoms with E-state index >= 15 is 0 Å². The third kappa shape index (κ3) is 1.90. The van der Waals surface area contributed by atoms with Gasteiger partial charge in [0.1, 0.15) is 18.3 Å². The third-order valence-corrected chi connectivity index (χ3v) is 3.94. The second-order valence-corrected chi connectivity index (χ2v) is 5.52. The quantitative estimate of drug-likeness (QED) is 0.495. The van der Waals surface area contributed by atoms with E-state index in [1.165, 1.54) is 0 Å². The van der Waals surface area contributed by atoms with Gasteiger partial charge in [-0.15, -0.1) is 0 Å². The summed E-state index contributed by atoms with van der Waals surface area (Å²) in [5.74, 6) is 0. The van der Waals surface area contributed by atoms with Crippen LogP contribution in [0.5, 0.6) is 0 Å². The van der Waals surface area contributed by atoms with Gasteiger partial charge < -0.3 is 4.42 Å². The molecule has 0 radical (unpaired) electrons. The molecular formula is C19H17N2O+. The number of fused-ring (bicyclic) bond motifs is 3. The molecule has 3 heterocycles. The number of hydrogen-bond donors (Lipinski definition) is 0. The largest absolute Gasteiger partial charge is 0.438 e. The minimum atomic E-state index is -2.12. The summed E-state index contributed by atoms with van der Waals surface area (Å²) in [5.41, 5.74) is 4.34. The molecule has 108 valence electrons. The molecule has 0 saturated carbocycles. The lowest BCUT2D eigenvalue weighted by Gasteiger charge is -2.04. The van der Waals surface area contributed by atoms with E-state index in [4.69, 9.17) is 13.5 Å². The van der Waals surface area contributed by atoms with Crippen molar-refractivity contribution in [1.29, 1.82) is 0 Å². The van der Waals surface area contributed by atoms with Crippen LogP contribution in [0.25, 0.3) is 33.5 Å². The molecule has 1 aromatic carbocycles. The van der Waals surface area contributed by atoms with E-state index in [0.717, 1.165) is 33.3 Å². The first-order valence-electron chi connectivity index (χ1n) is 8.64. The van der Waals surface area contributed by atoms with E-state index in [1.54, 1.807) is 22.9 Å². The Kier molecular flexibility index (Phi) is 2.15. The summed E-state index contributed by atoms with van der Waals surface area (Å²) < 4.78 is 30.3. The fraction of sp³-hybridized carbons (Fsp3) is 0.158. The lowest BCUT2D eigenvalue weighted by Crippen LogP contribution is -2.31. The first kappa shape index (κ1) is 10.1. The Morgan fingerprint density at radius 3 is 2.82 bits per heavy atom. The van der Waals surface area contributed by atoms with Gasteiger partial charge in [-0.1, -0.05) is 18.2 Å². The summed E-state index contributed by atoms with van der Waals surface area (Å²) in [4.78, 5) is 4.71. The van der Waals surface area contributed by atoms with Crippen molar-refractivity contribution in [2.75, 3.05) is 0 Å². The molecule has 0 aliphatic heterocycles. The van der Waals surface area contributed by atoms with Crippen LogP contribution in [0.3, 0.4) is 0 Å². The van der Waals surface area contributed by atoms with Crippen LogP contribution in [0.15, 0.2) is 53.1 Å². The lowest BCUT2D eigenvalue weighted by atomic mass is 10.1. The van der Waals surface area contributed by atoms with E-state index in [1.807, 2.05) is 38.2 Å². The van der Waals surface area contributed by atoms with Crippen molar-refractivity contribution in [3.63, 3.8) is 0 Å². The SMILES string of the molecule is [2H]C([2H])([2H])c1ccc(-c2nc3oc4ccccc4c3cc2C)[n+](C)c1. The second-order valence-electron chi connectivity index (χ2n) is 5.52. The molecule has 0 aliphatic carbocycles. The Balaban J connectivity index is 1.92. The van der Waals surface area contributed by atoms with Gasteiger partial charge in [0.2, 0.25) is 11.4 Å². The molecule has 0 amide bonds.